The third kappa shape index (κ3) is 4.94. The maximum Gasteiger partial charge on any atom is 0.122 e. The van der Waals surface area contributed by atoms with Gasteiger partial charge in [0.1, 0.15) is 30.3 Å². The summed E-state index contributed by atoms with van der Waals surface area (Å²) < 4.78 is 11.6. The fourth-order valence-electron chi connectivity index (χ4n) is 2.85. The predicted octanol–water partition coefficient (Wildman–Crippen LogP) is 2.28. The fourth-order valence-corrected chi connectivity index (χ4v) is 2.85. The van der Waals surface area contributed by atoms with Crippen molar-refractivity contribution in [2.45, 2.75) is 25.6 Å². The van der Waals surface area contributed by atoms with E-state index in [1.54, 1.807) is 12.4 Å². The van der Waals surface area contributed by atoms with Crippen molar-refractivity contribution in [1.29, 1.82) is 0 Å². The van der Waals surface area contributed by atoms with Gasteiger partial charge < -0.3 is 14.6 Å². The monoisotopic (exact) mass is 328 g/mol. The molecule has 1 fully saturated rings. The zero-order chi connectivity index (χ0) is 16.8. The second-order valence-corrected chi connectivity index (χ2v) is 6.25. The minimum Gasteiger partial charge on any atom is -0.491 e. The largest absolute Gasteiger partial charge is 0.491 e. The van der Waals surface area contributed by atoms with Crippen molar-refractivity contribution in [3.63, 3.8) is 0 Å². The van der Waals surface area contributed by atoms with Crippen molar-refractivity contribution >= 4 is 0 Å². The van der Waals surface area contributed by atoms with Crippen LogP contribution in [0.25, 0.3) is 0 Å². The Labute approximate surface area is 142 Å². The first-order valence-electron chi connectivity index (χ1n) is 8.35. The topological polar surface area (TPSA) is 54.8 Å². The maximum atomic E-state index is 10.2. The summed E-state index contributed by atoms with van der Waals surface area (Å²) in [5.74, 6) is 1.64. The van der Waals surface area contributed by atoms with Crippen LogP contribution in [0, 0.1) is 6.92 Å². The normalized spacial score (nSPS) is 19.2. The standard InChI is InChI=1S/C19H24N2O3/c1-15-2-4-17(5-3-15)23-14-16(22)12-21-11-8-19(13-21)24-18-6-9-20-10-7-18/h2-7,9-10,16,19,22H,8,11-14H2,1H3. The number of β-amino-alcohol motifs (C(OH)–C–C–N with tert-alkyl or cyclic N) is 1. The number of aliphatic hydroxyl groups is 1. The maximum absolute atomic E-state index is 10.2. The summed E-state index contributed by atoms with van der Waals surface area (Å²) >= 11 is 0. The number of rotatable bonds is 7. The zero-order valence-corrected chi connectivity index (χ0v) is 14.0. The number of hydrogen-bond acceptors (Lipinski definition) is 5. The summed E-state index contributed by atoms with van der Waals surface area (Å²) in [7, 11) is 0. The molecule has 2 aromatic rings. The molecular formula is C19H24N2O3. The van der Waals surface area contributed by atoms with Gasteiger partial charge in [0.15, 0.2) is 0 Å². The Balaban J connectivity index is 1.39. The third-order valence-electron chi connectivity index (χ3n) is 4.11. The molecule has 0 saturated carbocycles. The van der Waals surface area contributed by atoms with Crippen molar-refractivity contribution in [3.8, 4) is 11.5 Å². The third-order valence-corrected chi connectivity index (χ3v) is 4.11. The van der Waals surface area contributed by atoms with Crippen LogP contribution < -0.4 is 9.47 Å². The Kier molecular flexibility index (Phi) is 5.67. The highest BCUT2D eigenvalue weighted by Gasteiger charge is 2.25. The van der Waals surface area contributed by atoms with Gasteiger partial charge in [-0.1, -0.05) is 17.7 Å². The smallest absolute Gasteiger partial charge is 0.122 e. The molecule has 128 valence electrons. The molecule has 5 nitrogen and oxygen atoms in total. The number of nitrogens with zero attached hydrogens (tertiary/aromatic N) is 2. The van der Waals surface area contributed by atoms with Gasteiger partial charge in [0, 0.05) is 32.0 Å². The molecule has 24 heavy (non-hydrogen) atoms. The Bertz CT molecular complexity index is 618. The Morgan fingerprint density at radius 2 is 1.92 bits per heavy atom. The predicted molar refractivity (Wildman–Crippen MR) is 92.4 cm³/mol. The molecule has 0 bridgehead atoms. The lowest BCUT2D eigenvalue weighted by atomic mass is 10.2. The number of pyridine rings is 1. The quantitative estimate of drug-likeness (QED) is 0.845. The molecule has 2 atom stereocenters. The number of ether oxygens (including phenoxy) is 2. The summed E-state index contributed by atoms with van der Waals surface area (Å²) in [5, 5.41) is 10.2. The molecule has 0 amide bonds. The molecule has 0 aliphatic carbocycles. The van der Waals surface area contributed by atoms with Crippen LogP contribution >= 0.6 is 0 Å². The van der Waals surface area contributed by atoms with Crippen molar-refractivity contribution in [1.82, 2.24) is 9.88 Å². The number of likely N-dealkylation sites (tertiary alicyclic amines) is 1. The molecule has 0 radical (unpaired) electrons. The number of benzene rings is 1. The van der Waals surface area contributed by atoms with Gasteiger partial charge in [-0.15, -0.1) is 0 Å². The van der Waals surface area contributed by atoms with Gasteiger partial charge >= 0.3 is 0 Å². The summed E-state index contributed by atoms with van der Waals surface area (Å²) in [6, 6.07) is 11.6. The van der Waals surface area contributed by atoms with Gasteiger partial charge in [-0.25, -0.2) is 0 Å². The highest BCUT2D eigenvalue weighted by Crippen LogP contribution is 2.18. The van der Waals surface area contributed by atoms with E-state index in [1.807, 2.05) is 43.3 Å². The van der Waals surface area contributed by atoms with Gasteiger partial charge in [-0.05, 0) is 37.6 Å². The van der Waals surface area contributed by atoms with E-state index in [-0.39, 0.29) is 6.10 Å². The highest BCUT2D eigenvalue weighted by atomic mass is 16.5. The van der Waals surface area contributed by atoms with Gasteiger partial charge in [-0.2, -0.15) is 0 Å². The average molecular weight is 328 g/mol. The average Bonchev–Trinajstić information content (AvgIpc) is 3.02. The lowest BCUT2D eigenvalue weighted by molar-refractivity contribution is 0.0720. The SMILES string of the molecule is Cc1ccc(OCC(O)CN2CCC(Oc3ccncc3)C2)cc1. The van der Waals surface area contributed by atoms with E-state index >= 15 is 0 Å². The minimum atomic E-state index is -0.508. The van der Waals surface area contributed by atoms with E-state index in [0.29, 0.717) is 13.2 Å². The van der Waals surface area contributed by atoms with Crippen molar-refractivity contribution in [2.24, 2.45) is 0 Å². The van der Waals surface area contributed by atoms with Crippen molar-refractivity contribution in [2.75, 3.05) is 26.2 Å². The van der Waals surface area contributed by atoms with Gasteiger partial charge in [0.2, 0.25) is 0 Å². The summed E-state index contributed by atoms with van der Waals surface area (Å²) in [6.07, 6.45) is 4.08. The van der Waals surface area contributed by atoms with Crippen LogP contribution in [0.1, 0.15) is 12.0 Å². The Hall–Kier alpha value is -2.11. The van der Waals surface area contributed by atoms with E-state index in [0.717, 1.165) is 31.0 Å². The van der Waals surface area contributed by atoms with Crippen LogP contribution in [0.5, 0.6) is 11.5 Å². The Morgan fingerprint density at radius 1 is 1.17 bits per heavy atom. The van der Waals surface area contributed by atoms with E-state index < -0.39 is 6.10 Å². The van der Waals surface area contributed by atoms with Crippen LogP contribution in [0.3, 0.4) is 0 Å². The molecular weight excluding hydrogens is 304 g/mol. The molecule has 1 aliphatic rings. The molecule has 1 saturated heterocycles. The molecule has 5 heteroatoms. The number of aromatic nitrogens is 1. The fraction of sp³-hybridized carbons (Fsp3) is 0.421. The first-order chi connectivity index (χ1) is 11.7. The van der Waals surface area contributed by atoms with Gasteiger partial charge in [0.05, 0.1) is 0 Å². The van der Waals surface area contributed by atoms with Crippen LogP contribution in [0.4, 0.5) is 0 Å². The van der Waals surface area contributed by atoms with Crippen molar-refractivity contribution in [3.05, 3.63) is 54.4 Å². The molecule has 0 spiro atoms. The van der Waals surface area contributed by atoms with Gasteiger partial charge in [-0.3, -0.25) is 9.88 Å². The number of aliphatic hydroxyl groups excluding tert-OH is 1. The number of hydrogen-bond donors (Lipinski definition) is 1. The minimum absolute atomic E-state index is 0.164. The summed E-state index contributed by atoms with van der Waals surface area (Å²) in [6.45, 7) is 4.69. The van der Waals surface area contributed by atoms with E-state index in [2.05, 4.69) is 9.88 Å². The van der Waals surface area contributed by atoms with Gasteiger partial charge in [0.25, 0.3) is 0 Å². The molecule has 1 aromatic carbocycles. The first kappa shape index (κ1) is 16.7. The second kappa shape index (κ2) is 8.13. The van der Waals surface area contributed by atoms with E-state index in [9.17, 15) is 5.11 Å². The molecule has 1 N–H and O–H groups in total. The lowest BCUT2D eigenvalue weighted by Crippen LogP contribution is -2.35. The molecule has 1 aliphatic heterocycles. The molecule has 2 heterocycles. The van der Waals surface area contributed by atoms with Crippen LogP contribution in [0.15, 0.2) is 48.8 Å². The highest BCUT2D eigenvalue weighted by molar-refractivity contribution is 5.26. The van der Waals surface area contributed by atoms with Crippen molar-refractivity contribution < 1.29 is 14.6 Å². The van der Waals surface area contributed by atoms with Crippen LogP contribution in [-0.2, 0) is 0 Å². The van der Waals surface area contributed by atoms with E-state index in [4.69, 9.17) is 9.47 Å². The number of aryl methyl sites for hydroxylation is 1. The van der Waals surface area contributed by atoms with Crippen LogP contribution in [-0.4, -0.2) is 53.4 Å². The van der Waals surface area contributed by atoms with Crippen LogP contribution in [0.2, 0.25) is 0 Å². The lowest BCUT2D eigenvalue weighted by Gasteiger charge is -2.20. The molecule has 3 rings (SSSR count). The van der Waals surface area contributed by atoms with E-state index in [1.165, 1.54) is 5.56 Å². The zero-order valence-electron chi connectivity index (χ0n) is 14.0. The Morgan fingerprint density at radius 3 is 2.67 bits per heavy atom. The summed E-state index contributed by atoms with van der Waals surface area (Å²) in [4.78, 5) is 6.20. The summed E-state index contributed by atoms with van der Waals surface area (Å²) in [5.41, 5.74) is 1.19. The molecule has 1 aromatic heterocycles. The second-order valence-electron chi connectivity index (χ2n) is 6.25. The molecule has 2 unspecified atom stereocenters. The first-order valence-corrected chi connectivity index (χ1v) is 8.35.